The standard InChI is InChI=1S/C38H69NO4/c1-3-5-7-9-11-12-13-14-15-16-20-24-28-32-37(42)36(34-40)39-38(43)33-29-25-21-17-19-23-27-31-35(41)30-26-22-18-10-8-6-4-2/h17-18,21-23,26-27,30,35-37,40-42H,3-16,19-20,24-25,28-29,31-34H2,1-2H3,(H,39,43)/b21-17+,22-18-,27-23-,30-26-/t35-,36-,37+/m0/s1. The van der Waals surface area contributed by atoms with Gasteiger partial charge in [0, 0.05) is 6.42 Å². The maximum atomic E-state index is 12.3. The first-order chi connectivity index (χ1) is 21.0. The van der Waals surface area contributed by atoms with Crippen molar-refractivity contribution in [3.8, 4) is 0 Å². The Labute approximate surface area is 266 Å². The highest BCUT2D eigenvalue weighted by molar-refractivity contribution is 5.76. The molecule has 0 aromatic rings. The van der Waals surface area contributed by atoms with Crippen molar-refractivity contribution in [1.29, 1.82) is 0 Å². The lowest BCUT2D eigenvalue weighted by molar-refractivity contribution is -0.123. The van der Waals surface area contributed by atoms with Crippen molar-refractivity contribution in [3.05, 3.63) is 48.6 Å². The molecular formula is C38H69NO4. The highest BCUT2D eigenvalue weighted by atomic mass is 16.3. The van der Waals surface area contributed by atoms with E-state index in [2.05, 4.69) is 37.4 Å². The number of unbranched alkanes of at least 4 members (excludes halogenated alkanes) is 16. The van der Waals surface area contributed by atoms with E-state index in [-0.39, 0.29) is 12.5 Å². The van der Waals surface area contributed by atoms with Crippen LogP contribution in [0.5, 0.6) is 0 Å². The minimum Gasteiger partial charge on any atom is -0.394 e. The third-order valence-electron chi connectivity index (χ3n) is 7.92. The topological polar surface area (TPSA) is 89.8 Å². The van der Waals surface area contributed by atoms with Gasteiger partial charge in [0.1, 0.15) is 0 Å². The molecular weight excluding hydrogens is 534 g/mol. The van der Waals surface area contributed by atoms with Crippen molar-refractivity contribution in [2.45, 2.75) is 180 Å². The van der Waals surface area contributed by atoms with Gasteiger partial charge in [-0.25, -0.2) is 0 Å². The lowest BCUT2D eigenvalue weighted by Crippen LogP contribution is -2.45. The van der Waals surface area contributed by atoms with E-state index in [1.54, 1.807) is 0 Å². The Hall–Kier alpha value is -1.69. The summed E-state index contributed by atoms with van der Waals surface area (Å²) in [6.45, 7) is 4.23. The second-order valence-corrected chi connectivity index (χ2v) is 12.1. The molecule has 0 aromatic carbocycles. The van der Waals surface area contributed by atoms with E-state index < -0.39 is 18.2 Å². The van der Waals surface area contributed by atoms with Gasteiger partial charge in [-0.2, -0.15) is 0 Å². The van der Waals surface area contributed by atoms with Gasteiger partial charge >= 0.3 is 0 Å². The number of rotatable bonds is 31. The highest BCUT2D eigenvalue weighted by Gasteiger charge is 2.19. The number of nitrogens with one attached hydrogen (secondary N) is 1. The molecule has 43 heavy (non-hydrogen) atoms. The Bertz CT molecular complexity index is 715. The van der Waals surface area contributed by atoms with Crippen LogP contribution in [0.15, 0.2) is 48.6 Å². The molecule has 5 heteroatoms. The molecule has 0 aliphatic heterocycles. The maximum Gasteiger partial charge on any atom is 0.220 e. The van der Waals surface area contributed by atoms with Crippen LogP contribution in [0.2, 0.25) is 0 Å². The lowest BCUT2D eigenvalue weighted by atomic mass is 10.0. The number of allylic oxidation sites excluding steroid dienone is 6. The van der Waals surface area contributed by atoms with Gasteiger partial charge < -0.3 is 20.6 Å². The number of hydrogen-bond acceptors (Lipinski definition) is 4. The number of aliphatic hydroxyl groups excluding tert-OH is 3. The van der Waals surface area contributed by atoms with E-state index in [0.717, 1.165) is 38.5 Å². The third kappa shape index (κ3) is 30.1. The summed E-state index contributed by atoms with van der Waals surface area (Å²) < 4.78 is 0. The van der Waals surface area contributed by atoms with Crippen LogP contribution < -0.4 is 5.32 Å². The molecule has 0 saturated heterocycles. The Morgan fingerprint density at radius 1 is 0.651 bits per heavy atom. The second kappa shape index (κ2) is 33.2. The minimum atomic E-state index is -0.700. The van der Waals surface area contributed by atoms with E-state index in [9.17, 15) is 20.1 Å². The van der Waals surface area contributed by atoms with E-state index in [0.29, 0.717) is 19.3 Å². The molecule has 0 aliphatic carbocycles. The van der Waals surface area contributed by atoms with Crippen molar-refractivity contribution < 1.29 is 20.1 Å². The fourth-order valence-electron chi connectivity index (χ4n) is 5.08. The summed E-state index contributed by atoms with van der Waals surface area (Å²) >= 11 is 0. The zero-order chi connectivity index (χ0) is 31.6. The van der Waals surface area contributed by atoms with Gasteiger partial charge in [0.15, 0.2) is 0 Å². The number of amides is 1. The largest absolute Gasteiger partial charge is 0.394 e. The van der Waals surface area contributed by atoms with E-state index in [1.807, 2.05) is 30.4 Å². The zero-order valence-electron chi connectivity index (χ0n) is 28.1. The van der Waals surface area contributed by atoms with E-state index >= 15 is 0 Å². The van der Waals surface area contributed by atoms with Gasteiger partial charge in [-0.15, -0.1) is 0 Å². The monoisotopic (exact) mass is 604 g/mol. The molecule has 0 saturated carbocycles. The fraction of sp³-hybridized carbons (Fsp3) is 0.763. The zero-order valence-corrected chi connectivity index (χ0v) is 28.1. The summed E-state index contributed by atoms with van der Waals surface area (Å²) in [7, 11) is 0. The molecule has 3 atom stereocenters. The quantitative estimate of drug-likeness (QED) is 0.0361. The predicted octanol–water partition coefficient (Wildman–Crippen LogP) is 9.42. The van der Waals surface area contributed by atoms with E-state index in [4.69, 9.17) is 0 Å². The summed E-state index contributed by atoms with van der Waals surface area (Å²) in [6.07, 6.45) is 40.4. The number of carbonyl (C=O) groups excluding carboxylic acids is 1. The Balaban J connectivity index is 3.79. The van der Waals surface area contributed by atoms with Crippen molar-refractivity contribution in [2.75, 3.05) is 6.61 Å². The maximum absolute atomic E-state index is 12.3. The summed E-state index contributed by atoms with van der Waals surface area (Å²) in [5.74, 6) is -0.116. The number of aliphatic hydroxyl groups is 3. The van der Waals surface area contributed by atoms with Crippen LogP contribution in [0.1, 0.15) is 162 Å². The molecule has 0 aliphatic rings. The van der Waals surface area contributed by atoms with Crippen LogP contribution in [-0.4, -0.2) is 46.1 Å². The van der Waals surface area contributed by atoms with Gasteiger partial charge in [0.05, 0.1) is 24.9 Å². The molecule has 1 amide bonds. The molecule has 0 spiro atoms. The van der Waals surface area contributed by atoms with Crippen LogP contribution in [-0.2, 0) is 4.79 Å². The van der Waals surface area contributed by atoms with Gasteiger partial charge in [-0.3, -0.25) is 4.79 Å². The third-order valence-corrected chi connectivity index (χ3v) is 7.92. The molecule has 0 bridgehead atoms. The van der Waals surface area contributed by atoms with Crippen molar-refractivity contribution in [3.63, 3.8) is 0 Å². The summed E-state index contributed by atoms with van der Waals surface area (Å²) in [5, 5.41) is 32.9. The van der Waals surface area contributed by atoms with Crippen LogP contribution >= 0.6 is 0 Å². The first-order valence-corrected chi connectivity index (χ1v) is 17.9. The van der Waals surface area contributed by atoms with Crippen molar-refractivity contribution in [2.24, 2.45) is 0 Å². The minimum absolute atomic E-state index is 0.116. The number of carbonyl (C=O) groups is 1. The second-order valence-electron chi connectivity index (χ2n) is 12.1. The molecule has 0 unspecified atom stereocenters. The average molecular weight is 604 g/mol. The summed E-state index contributed by atoms with van der Waals surface area (Å²) in [6, 6.07) is -0.586. The Morgan fingerprint density at radius 3 is 1.84 bits per heavy atom. The fourth-order valence-corrected chi connectivity index (χ4v) is 5.08. The van der Waals surface area contributed by atoms with Crippen molar-refractivity contribution in [1.82, 2.24) is 5.32 Å². The van der Waals surface area contributed by atoms with Crippen LogP contribution in [0.25, 0.3) is 0 Å². The van der Waals surface area contributed by atoms with Gasteiger partial charge in [0.2, 0.25) is 5.91 Å². The molecule has 0 aromatic heterocycles. The van der Waals surface area contributed by atoms with Gasteiger partial charge in [-0.1, -0.05) is 159 Å². The lowest BCUT2D eigenvalue weighted by Gasteiger charge is -2.22. The SMILES string of the molecule is CCCCC/C=C\C=C/[C@H](O)C/C=C\C/C=C/CCCC(=O)N[C@@H](CO)[C@H](O)CCCCCCCCCCCCCCC. The first kappa shape index (κ1) is 41.3. The van der Waals surface area contributed by atoms with Gasteiger partial charge in [-0.05, 0) is 44.9 Å². The molecule has 5 nitrogen and oxygen atoms in total. The Morgan fingerprint density at radius 2 is 1.21 bits per heavy atom. The molecule has 0 fully saturated rings. The van der Waals surface area contributed by atoms with Crippen LogP contribution in [0, 0.1) is 0 Å². The first-order valence-electron chi connectivity index (χ1n) is 17.9. The molecule has 4 N–H and O–H groups in total. The molecule has 250 valence electrons. The highest BCUT2D eigenvalue weighted by Crippen LogP contribution is 2.14. The normalized spacial score (nSPS) is 14.4. The summed E-state index contributed by atoms with van der Waals surface area (Å²) in [4.78, 5) is 12.3. The molecule has 0 rings (SSSR count). The molecule has 0 heterocycles. The van der Waals surface area contributed by atoms with Crippen LogP contribution in [0.3, 0.4) is 0 Å². The van der Waals surface area contributed by atoms with Crippen LogP contribution in [0.4, 0.5) is 0 Å². The summed E-state index contributed by atoms with van der Waals surface area (Å²) in [5.41, 5.74) is 0. The Kier molecular flexibility index (Phi) is 31.9. The van der Waals surface area contributed by atoms with Crippen molar-refractivity contribution >= 4 is 5.91 Å². The van der Waals surface area contributed by atoms with Gasteiger partial charge in [0.25, 0.3) is 0 Å². The predicted molar refractivity (Wildman–Crippen MR) is 185 cm³/mol. The number of hydrogen-bond donors (Lipinski definition) is 4. The molecule has 0 radical (unpaired) electrons. The smallest absolute Gasteiger partial charge is 0.220 e. The van der Waals surface area contributed by atoms with E-state index in [1.165, 1.54) is 89.9 Å². The average Bonchev–Trinajstić information content (AvgIpc) is 3.00.